The van der Waals surface area contributed by atoms with Gasteiger partial charge in [-0.3, -0.25) is 0 Å². The first kappa shape index (κ1) is 15.3. The molecule has 6 nitrogen and oxygen atoms in total. The van der Waals surface area contributed by atoms with Crippen molar-refractivity contribution in [3.05, 3.63) is 34.9 Å². The summed E-state index contributed by atoms with van der Waals surface area (Å²) in [7, 11) is 1.66. The summed E-state index contributed by atoms with van der Waals surface area (Å²) in [4.78, 5) is 24.7. The highest BCUT2D eigenvalue weighted by Gasteiger charge is 2.23. The second kappa shape index (κ2) is 7.08. The Balaban J connectivity index is 1.84. The zero-order chi connectivity index (χ0) is 15.2. The third kappa shape index (κ3) is 3.95. The number of ether oxygens (including phenoxy) is 1. The monoisotopic (exact) mass is 292 g/mol. The standard InChI is InChI=1S/C15H20N2O4/c1-21-7-3-2-6-16-15(20)17-9-12-5-4-11(14(18)19)8-13(12)10-17/h4-5,8H,2-3,6-7,9-10H2,1H3,(H,16,20)(H,18,19). The summed E-state index contributed by atoms with van der Waals surface area (Å²) in [5.41, 5.74) is 2.18. The fourth-order valence-electron chi connectivity index (χ4n) is 2.35. The molecule has 0 radical (unpaired) electrons. The van der Waals surface area contributed by atoms with Crippen molar-refractivity contribution in [1.29, 1.82) is 0 Å². The molecule has 6 heteroatoms. The highest BCUT2D eigenvalue weighted by molar-refractivity contribution is 5.88. The number of amides is 2. The van der Waals surface area contributed by atoms with Crippen LogP contribution in [0.1, 0.15) is 34.3 Å². The quantitative estimate of drug-likeness (QED) is 0.784. The molecule has 1 aromatic rings. The zero-order valence-electron chi connectivity index (χ0n) is 12.1. The minimum Gasteiger partial charge on any atom is -0.478 e. The van der Waals surface area contributed by atoms with E-state index in [-0.39, 0.29) is 11.6 Å². The van der Waals surface area contributed by atoms with Crippen molar-refractivity contribution in [3.8, 4) is 0 Å². The molecule has 0 bridgehead atoms. The van der Waals surface area contributed by atoms with Gasteiger partial charge in [0.2, 0.25) is 0 Å². The van der Waals surface area contributed by atoms with Gasteiger partial charge in [0.25, 0.3) is 0 Å². The molecule has 0 atom stereocenters. The smallest absolute Gasteiger partial charge is 0.335 e. The van der Waals surface area contributed by atoms with Gasteiger partial charge in [-0.2, -0.15) is 0 Å². The fourth-order valence-corrected chi connectivity index (χ4v) is 2.35. The molecule has 114 valence electrons. The Morgan fingerprint density at radius 2 is 2.05 bits per heavy atom. The molecule has 1 aliphatic rings. The molecule has 1 aromatic carbocycles. The summed E-state index contributed by atoms with van der Waals surface area (Å²) in [5.74, 6) is -0.946. The maximum Gasteiger partial charge on any atom is 0.335 e. The predicted octanol–water partition coefficient (Wildman–Crippen LogP) is 1.84. The summed E-state index contributed by atoms with van der Waals surface area (Å²) in [6.07, 6.45) is 1.79. The van der Waals surface area contributed by atoms with Crippen molar-refractivity contribution in [2.24, 2.45) is 0 Å². The SMILES string of the molecule is COCCCCNC(=O)N1Cc2ccc(C(=O)O)cc2C1. The number of carbonyl (C=O) groups is 2. The first-order valence-electron chi connectivity index (χ1n) is 6.98. The normalized spacial score (nSPS) is 13.1. The molecule has 1 aliphatic heterocycles. The third-order valence-electron chi connectivity index (χ3n) is 3.51. The molecule has 21 heavy (non-hydrogen) atoms. The second-order valence-corrected chi connectivity index (χ2v) is 5.08. The number of unbranched alkanes of at least 4 members (excludes halogenated alkanes) is 1. The number of hydrogen-bond acceptors (Lipinski definition) is 3. The number of nitrogens with zero attached hydrogens (tertiary/aromatic N) is 1. The Hall–Kier alpha value is -2.08. The van der Waals surface area contributed by atoms with Crippen molar-refractivity contribution in [1.82, 2.24) is 10.2 Å². The fraction of sp³-hybridized carbons (Fsp3) is 0.467. The number of aromatic carboxylic acids is 1. The van der Waals surface area contributed by atoms with Crippen LogP contribution in [0.25, 0.3) is 0 Å². The Kier molecular flexibility index (Phi) is 5.16. The van der Waals surface area contributed by atoms with Gasteiger partial charge in [-0.1, -0.05) is 6.07 Å². The molecule has 2 amide bonds. The number of urea groups is 1. The summed E-state index contributed by atoms with van der Waals surface area (Å²) in [5, 5.41) is 11.8. The van der Waals surface area contributed by atoms with Gasteiger partial charge in [0.1, 0.15) is 0 Å². The third-order valence-corrected chi connectivity index (χ3v) is 3.51. The maximum atomic E-state index is 12.0. The van der Waals surface area contributed by atoms with Crippen LogP contribution in [-0.2, 0) is 17.8 Å². The van der Waals surface area contributed by atoms with E-state index in [4.69, 9.17) is 9.84 Å². The second-order valence-electron chi connectivity index (χ2n) is 5.08. The summed E-state index contributed by atoms with van der Waals surface area (Å²) in [6, 6.07) is 4.89. The number of rotatable bonds is 6. The molecule has 2 N–H and O–H groups in total. The van der Waals surface area contributed by atoms with Gasteiger partial charge in [0, 0.05) is 33.4 Å². The number of benzene rings is 1. The molecule has 2 rings (SSSR count). The molecule has 0 aromatic heterocycles. The van der Waals surface area contributed by atoms with Gasteiger partial charge < -0.3 is 20.1 Å². The first-order valence-corrected chi connectivity index (χ1v) is 6.98. The lowest BCUT2D eigenvalue weighted by atomic mass is 10.1. The van der Waals surface area contributed by atoms with Crippen LogP contribution in [-0.4, -0.2) is 42.3 Å². The van der Waals surface area contributed by atoms with Crippen LogP contribution in [0.4, 0.5) is 4.79 Å². The number of nitrogens with one attached hydrogen (secondary N) is 1. The van der Waals surface area contributed by atoms with Gasteiger partial charge in [0.15, 0.2) is 0 Å². The van der Waals surface area contributed by atoms with Crippen molar-refractivity contribution >= 4 is 12.0 Å². The Labute approximate surface area is 123 Å². The van der Waals surface area contributed by atoms with E-state index in [9.17, 15) is 9.59 Å². The first-order chi connectivity index (χ1) is 10.1. The van der Waals surface area contributed by atoms with Crippen LogP contribution in [0.3, 0.4) is 0 Å². The summed E-state index contributed by atoms with van der Waals surface area (Å²) < 4.78 is 4.95. The Morgan fingerprint density at radius 1 is 1.29 bits per heavy atom. The largest absolute Gasteiger partial charge is 0.478 e. The highest BCUT2D eigenvalue weighted by Crippen LogP contribution is 2.23. The van der Waals surface area contributed by atoms with Crippen LogP contribution in [0.15, 0.2) is 18.2 Å². The lowest BCUT2D eigenvalue weighted by molar-refractivity contribution is 0.0696. The van der Waals surface area contributed by atoms with E-state index in [0.717, 1.165) is 24.0 Å². The van der Waals surface area contributed by atoms with Crippen molar-refractivity contribution < 1.29 is 19.4 Å². The lowest BCUT2D eigenvalue weighted by Crippen LogP contribution is -2.36. The number of carboxylic acids is 1. The maximum absolute atomic E-state index is 12.0. The lowest BCUT2D eigenvalue weighted by Gasteiger charge is -2.16. The number of carbonyl (C=O) groups excluding carboxylic acids is 1. The van der Waals surface area contributed by atoms with Crippen LogP contribution in [0, 0.1) is 0 Å². The van der Waals surface area contributed by atoms with E-state index in [1.165, 1.54) is 0 Å². The Bertz CT molecular complexity index is 530. The van der Waals surface area contributed by atoms with Crippen LogP contribution in [0.2, 0.25) is 0 Å². The topological polar surface area (TPSA) is 78.9 Å². The van der Waals surface area contributed by atoms with Crippen molar-refractivity contribution in [2.45, 2.75) is 25.9 Å². The van der Waals surface area contributed by atoms with Crippen molar-refractivity contribution in [3.63, 3.8) is 0 Å². The van der Waals surface area contributed by atoms with Crippen molar-refractivity contribution in [2.75, 3.05) is 20.3 Å². The molecule has 0 spiro atoms. The van der Waals surface area contributed by atoms with Gasteiger partial charge in [0.05, 0.1) is 5.56 Å². The molecule has 0 saturated carbocycles. The average Bonchev–Trinajstić information content (AvgIpc) is 2.89. The number of methoxy groups -OCH3 is 1. The van der Waals surface area contributed by atoms with E-state index >= 15 is 0 Å². The molecular weight excluding hydrogens is 272 g/mol. The summed E-state index contributed by atoms with van der Waals surface area (Å²) >= 11 is 0. The molecule has 0 saturated heterocycles. The zero-order valence-corrected chi connectivity index (χ0v) is 12.1. The number of hydrogen-bond donors (Lipinski definition) is 2. The van der Waals surface area contributed by atoms with Gasteiger partial charge in [-0.15, -0.1) is 0 Å². The average molecular weight is 292 g/mol. The number of fused-ring (bicyclic) bond motifs is 1. The van der Waals surface area contributed by atoms with E-state index in [0.29, 0.717) is 26.2 Å². The van der Waals surface area contributed by atoms with E-state index in [1.807, 2.05) is 0 Å². The van der Waals surface area contributed by atoms with Gasteiger partial charge in [-0.25, -0.2) is 9.59 Å². The predicted molar refractivity (Wildman–Crippen MR) is 77.2 cm³/mol. The minimum absolute atomic E-state index is 0.111. The molecule has 0 aliphatic carbocycles. The number of carboxylic acid groups (broad SMARTS) is 1. The van der Waals surface area contributed by atoms with E-state index in [2.05, 4.69) is 5.32 Å². The van der Waals surface area contributed by atoms with E-state index < -0.39 is 5.97 Å². The van der Waals surface area contributed by atoms with Gasteiger partial charge in [-0.05, 0) is 36.1 Å². The summed E-state index contributed by atoms with van der Waals surface area (Å²) in [6.45, 7) is 2.30. The van der Waals surface area contributed by atoms with Crippen LogP contribution in [0.5, 0.6) is 0 Å². The molecule has 0 unspecified atom stereocenters. The molecule has 0 fully saturated rings. The van der Waals surface area contributed by atoms with E-state index in [1.54, 1.807) is 30.2 Å². The Morgan fingerprint density at radius 3 is 2.76 bits per heavy atom. The van der Waals surface area contributed by atoms with Crippen LogP contribution >= 0.6 is 0 Å². The molecule has 1 heterocycles. The highest BCUT2D eigenvalue weighted by atomic mass is 16.5. The molecular formula is C15H20N2O4. The van der Waals surface area contributed by atoms with Crippen LogP contribution < -0.4 is 5.32 Å². The van der Waals surface area contributed by atoms with Gasteiger partial charge >= 0.3 is 12.0 Å². The minimum atomic E-state index is -0.946.